The van der Waals surface area contributed by atoms with Crippen LogP contribution in [0.25, 0.3) is 0 Å². The summed E-state index contributed by atoms with van der Waals surface area (Å²) >= 11 is 0. The largest absolute Gasteiger partial charge is 0.316 e. The van der Waals surface area contributed by atoms with E-state index in [2.05, 4.69) is 43.4 Å². The van der Waals surface area contributed by atoms with E-state index >= 15 is 0 Å². The third-order valence-corrected chi connectivity index (χ3v) is 5.74. The molecule has 0 aromatic heterocycles. The zero-order valence-electron chi connectivity index (χ0n) is 13.1. The average Bonchev–Trinajstić information content (AvgIpc) is 3.06. The number of likely N-dealkylation sites (N-methyl/N-ethyl adjacent to an activating group) is 1. The maximum Gasteiger partial charge on any atom is 0.00202 e. The van der Waals surface area contributed by atoms with Crippen molar-refractivity contribution in [3.8, 4) is 0 Å². The Kier molecular flexibility index (Phi) is 4.45. The molecule has 110 valence electrons. The van der Waals surface area contributed by atoms with E-state index in [4.69, 9.17) is 0 Å². The number of nitrogens with one attached hydrogen (secondary N) is 1. The molecule has 2 saturated carbocycles. The van der Waals surface area contributed by atoms with Crippen molar-refractivity contribution < 1.29 is 0 Å². The Balaban J connectivity index is 1.71. The summed E-state index contributed by atoms with van der Waals surface area (Å²) in [7, 11) is 0. The van der Waals surface area contributed by atoms with Gasteiger partial charge in [-0.2, -0.15) is 0 Å². The first-order chi connectivity index (χ1) is 9.78. The second-order valence-corrected chi connectivity index (χ2v) is 7.03. The molecule has 1 aromatic rings. The second kappa shape index (κ2) is 6.30. The zero-order chi connectivity index (χ0) is 13.9. The highest BCUT2D eigenvalue weighted by molar-refractivity contribution is 5.29. The summed E-state index contributed by atoms with van der Waals surface area (Å²) in [5.41, 5.74) is 3.05. The molecule has 20 heavy (non-hydrogen) atoms. The average molecular weight is 271 g/mol. The summed E-state index contributed by atoms with van der Waals surface area (Å²) in [6.45, 7) is 6.72. The molecule has 1 N–H and O–H groups in total. The number of benzene rings is 1. The lowest BCUT2D eigenvalue weighted by molar-refractivity contribution is 0.291. The van der Waals surface area contributed by atoms with Crippen molar-refractivity contribution in [1.29, 1.82) is 0 Å². The molecule has 1 nitrogen and oxygen atoms in total. The van der Waals surface area contributed by atoms with Gasteiger partial charge in [-0.1, -0.05) is 37.6 Å². The van der Waals surface area contributed by atoms with Gasteiger partial charge in [-0.05, 0) is 74.0 Å². The molecule has 0 amide bonds. The van der Waals surface area contributed by atoms with Crippen molar-refractivity contribution in [3.63, 3.8) is 0 Å². The number of hydrogen-bond acceptors (Lipinski definition) is 1. The van der Waals surface area contributed by atoms with Crippen LogP contribution in [0.2, 0.25) is 0 Å². The van der Waals surface area contributed by atoms with Crippen molar-refractivity contribution in [2.45, 2.75) is 51.9 Å². The summed E-state index contributed by atoms with van der Waals surface area (Å²) in [4.78, 5) is 0. The Morgan fingerprint density at radius 1 is 1.20 bits per heavy atom. The quantitative estimate of drug-likeness (QED) is 0.802. The number of fused-ring (bicyclic) bond motifs is 2. The molecular weight excluding hydrogens is 242 g/mol. The minimum atomic E-state index is 0.709. The van der Waals surface area contributed by atoms with Gasteiger partial charge in [0.15, 0.2) is 0 Å². The number of hydrogen-bond donors (Lipinski definition) is 1. The van der Waals surface area contributed by atoms with Gasteiger partial charge in [0.25, 0.3) is 0 Å². The van der Waals surface area contributed by atoms with E-state index in [1.165, 1.54) is 37.7 Å². The van der Waals surface area contributed by atoms with Gasteiger partial charge >= 0.3 is 0 Å². The first-order valence-electron chi connectivity index (χ1n) is 8.54. The summed E-state index contributed by atoms with van der Waals surface area (Å²) in [6, 6.07) is 9.00. The molecule has 0 aliphatic heterocycles. The van der Waals surface area contributed by atoms with Crippen molar-refractivity contribution in [3.05, 3.63) is 35.4 Å². The van der Waals surface area contributed by atoms with Crippen LogP contribution in [0, 0.1) is 24.7 Å². The molecule has 0 radical (unpaired) electrons. The van der Waals surface area contributed by atoms with Crippen molar-refractivity contribution >= 4 is 0 Å². The van der Waals surface area contributed by atoms with E-state index in [0.717, 1.165) is 30.8 Å². The molecule has 3 rings (SSSR count). The molecule has 4 atom stereocenters. The van der Waals surface area contributed by atoms with Gasteiger partial charge in [-0.3, -0.25) is 0 Å². The molecule has 0 heterocycles. The maximum absolute atomic E-state index is 3.59. The topological polar surface area (TPSA) is 12.0 Å². The van der Waals surface area contributed by atoms with Crippen LogP contribution < -0.4 is 5.32 Å². The molecule has 1 aromatic carbocycles. The van der Waals surface area contributed by atoms with Gasteiger partial charge in [0.1, 0.15) is 0 Å². The minimum absolute atomic E-state index is 0.709. The van der Waals surface area contributed by atoms with Crippen LogP contribution in [-0.4, -0.2) is 13.1 Å². The Labute approximate surface area is 124 Å². The molecule has 4 unspecified atom stereocenters. The van der Waals surface area contributed by atoms with E-state index in [-0.39, 0.29) is 0 Å². The Bertz CT molecular complexity index is 439. The van der Waals surface area contributed by atoms with Crippen LogP contribution in [-0.2, 0) is 0 Å². The van der Waals surface area contributed by atoms with Crippen molar-refractivity contribution in [2.75, 3.05) is 13.1 Å². The molecule has 2 aliphatic rings. The van der Waals surface area contributed by atoms with E-state index in [1.807, 2.05) is 0 Å². The van der Waals surface area contributed by atoms with Crippen molar-refractivity contribution in [2.24, 2.45) is 17.8 Å². The van der Waals surface area contributed by atoms with Crippen LogP contribution in [0.15, 0.2) is 24.3 Å². The van der Waals surface area contributed by atoms with Gasteiger partial charge in [-0.15, -0.1) is 0 Å². The highest BCUT2D eigenvalue weighted by Crippen LogP contribution is 2.51. The number of aryl methyl sites for hydroxylation is 1. The SMILES string of the molecule is CCNCC(CC1CC2CCC1C2)c1ccccc1C. The zero-order valence-corrected chi connectivity index (χ0v) is 13.1. The molecule has 0 saturated heterocycles. The maximum atomic E-state index is 3.59. The third kappa shape index (κ3) is 2.93. The van der Waals surface area contributed by atoms with Crippen LogP contribution in [0.4, 0.5) is 0 Å². The standard InChI is InChI=1S/C19H29N/c1-3-20-13-18(19-7-5-4-6-14(19)2)12-17-11-15-8-9-16(17)10-15/h4-7,15-18,20H,3,8-13H2,1-2H3. The molecule has 1 heteroatoms. The van der Waals surface area contributed by atoms with E-state index in [9.17, 15) is 0 Å². The molecular formula is C19H29N. The monoisotopic (exact) mass is 271 g/mol. The van der Waals surface area contributed by atoms with Crippen LogP contribution in [0.3, 0.4) is 0 Å². The van der Waals surface area contributed by atoms with E-state index < -0.39 is 0 Å². The van der Waals surface area contributed by atoms with Crippen LogP contribution >= 0.6 is 0 Å². The lowest BCUT2D eigenvalue weighted by Crippen LogP contribution is -2.25. The first kappa shape index (κ1) is 14.1. The van der Waals surface area contributed by atoms with Crippen LogP contribution in [0.1, 0.15) is 56.1 Å². The fraction of sp³-hybridized carbons (Fsp3) is 0.684. The Morgan fingerprint density at radius 2 is 2.05 bits per heavy atom. The van der Waals surface area contributed by atoms with Gasteiger partial charge < -0.3 is 5.32 Å². The lowest BCUT2D eigenvalue weighted by Gasteiger charge is -2.28. The predicted molar refractivity (Wildman–Crippen MR) is 86.0 cm³/mol. The van der Waals surface area contributed by atoms with Gasteiger partial charge in [0.2, 0.25) is 0 Å². The molecule has 2 fully saturated rings. The van der Waals surface area contributed by atoms with Gasteiger partial charge in [0, 0.05) is 6.54 Å². The summed E-state index contributed by atoms with van der Waals surface area (Å²) in [6.07, 6.45) is 7.48. The minimum Gasteiger partial charge on any atom is -0.316 e. The highest BCUT2D eigenvalue weighted by Gasteiger charge is 2.40. The molecule has 2 aliphatic carbocycles. The van der Waals surface area contributed by atoms with Crippen molar-refractivity contribution in [1.82, 2.24) is 5.32 Å². The fourth-order valence-electron chi connectivity index (χ4n) is 4.71. The smallest absolute Gasteiger partial charge is 0.00202 e. The molecule has 2 bridgehead atoms. The van der Waals surface area contributed by atoms with Gasteiger partial charge in [-0.25, -0.2) is 0 Å². The third-order valence-electron chi connectivity index (χ3n) is 5.74. The normalized spacial score (nSPS) is 29.8. The molecule has 0 spiro atoms. The van der Waals surface area contributed by atoms with Gasteiger partial charge in [0.05, 0.1) is 0 Å². The lowest BCUT2D eigenvalue weighted by atomic mass is 9.79. The first-order valence-corrected chi connectivity index (χ1v) is 8.54. The predicted octanol–water partition coefficient (Wildman–Crippen LogP) is 4.51. The van der Waals surface area contributed by atoms with E-state index in [1.54, 1.807) is 5.56 Å². The Morgan fingerprint density at radius 3 is 2.70 bits per heavy atom. The van der Waals surface area contributed by atoms with E-state index in [0.29, 0.717) is 5.92 Å². The summed E-state index contributed by atoms with van der Waals surface area (Å²) in [5.74, 6) is 3.83. The Hall–Kier alpha value is -0.820. The summed E-state index contributed by atoms with van der Waals surface area (Å²) in [5, 5.41) is 3.59. The number of rotatable bonds is 6. The van der Waals surface area contributed by atoms with Crippen LogP contribution in [0.5, 0.6) is 0 Å². The second-order valence-electron chi connectivity index (χ2n) is 7.03. The fourth-order valence-corrected chi connectivity index (χ4v) is 4.71. The highest BCUT2D eigenvalue weighted by atomic mass is 14.8. The summed E-state index contributed by atoms with van der Waals surface area (Å²) < 4.78 is 0.